The van der Waals surface area contributed by atoms with E-state index in [0.29, 0.717) is 5.56 Å². The number of benzene rings is 2. The van der Waals surface area contributed by atoms with Crippen molar-refractivity contribution in [2.75, 3.05) is 0 Å². The maximum absolute atomic E-state index is 10.8. The predicted molar refractivity (Wildman–Crippen MR) is 111 cm³/mol. The zero-order valence-corrected chi connectivity index (χ0v) is 16.3. The summed E-state index contributed by atoms with van der Waals surface area (Å²) in [5.74, 6) is -0.180. The molecule has 27 heavy (non-hydrogen) atoms. The number of aromatic nitrogens is 1. The molecule has 0 amide bonds. The third-order valence-corrected chi connectivity index (χ3v) is 4.31. The maximum Gasteiger partial charge on any atom is 0.312 e. The maximum atomic E-state index is 10.8. The Kier molecular flexibility index (Phi) is 5.65. The lowest BCUT2D eigenvalue weighted by molar-refractivity contribution is -0.384. The molecule has 1 heterocycles. The molecule has 7 nitrogen and oxygen atoms in total. The first-order valence-corrected chi connectivity index (χ1v) is 8.93. The number of hydrogen-bond donors (Lipinski definition) is 1. The Labute approximate surface area is 168 Å². The molecule has 0 radical (unpaired) electrons. The van der Waals surface area contributed by atoms with Crippen LogP contribution in [0.15, 0.2) is 51.9 Å². The van der Waals surface area contributed by atoms with Gasteiger partial charge >= 0.3 is 5.95 Å². The minimum Gasteiger partial charge on any atom is -0.479 e. The number of aromatic hydroxyl groups is 1. The molecule has 0 bridgehead atoms. The van der Waals surface area contributed by atoms with E-state index in [4.69, 9.17) is 4.42 Å². The number of nitro benzene ring substituents is 1. The van der Waals surface area contributed by atoms with Gasteiger partial charge < -0.3 is 9.52 Å². The van der Waals surface area contributed by atoms with Gasteiger partial charge in [0.2, 0.25) is 5.89 Å². The van der Waals surface area contributed by atoms with E-state index in [1.165, 1.54) is 24.4 Å². The SMILES string of the molecule is Cc1cc(I)ccc1N=Cc1nc(C=Cc2cccc([N+](=O)[O-])c2)oc1O. The van der Waals surface area contributed by atoms with Crippen LogP contribution in [-0.4, -0.2) is 21.2 Å². The van der Waals surface area contributed by atoms with Crippen molar-refractivity contribution in [3.63, 3.8) is 0 Å². The van der Waals surface area contributed by atoms with Crippen LogP contribution in [0.25, 0.3) is 12.2 Å². The van der Waals surface area contributed by atoms with Gasteiger partial charge in [-0.15, -0.1) is 0 Å². The van der Waals surface area contributed by atoms with E-state index < -0.39 is 4.92 Å². The molecule has 3 aromatic rings. The lowest BCUT2D eigenvalue weighted by atomic mass is 10.2. The topological polar surface area (TPSA) is 102 Å². The highest BCUT2D eigenvalue weighted by molar-refractivity contribution is 14.1. The van der Waals surface area contributed by atoms with Crippen molar-refractivity contribution in [1.29, 1.82) is 0 Å². The minimum atomic E-state index is -0.463. The molecule has 0 aliphatic heterocycles. The predicted octanol–water partition coefficient (Wildman–Crippen LogP) is 5.12. The van der Waals surface area contributed by atoms with E-state index >= 15 is 0 Å². The number of nitro groups is 1. The molecule has 0 aliphatic carbocycles. The lowest BCUT2D eigenvalue weighted by Crippen LogP contribution is -1.87. The molecule has 1 N–H and O–H groups in total. The summed E-state index contributed by atoms with van der Waals surface area (Å²) in [6.45, 7) is 1.95. The number of nitrogens with zero attached hydrogens (tertiary/aromatic N) is 3. The molecule has 0 spiro atoms. The Bertz CT molecular complexity index is 1060. The van der Waals surface area contributed by atoms with Crippen molar-refractivity contribution in [3.8, 4) is 5.95 Å². The van der Waals surface area contributed by atoms with E-state index in [9.17, 15) is 15.2 Å². The zero-order valence-electron chi connectivity index (χ0n) is 14.2. The van der Waals surface area contributed by atoms with E-state index in [0.717, 1.165) is 14.8 Å². The Balaban J connectivity index is 1.79. The average molecular weight is 475 g/mol. The molecule has 0 saturated carbocycles. The van der Waals surface area contributed by atoms with Crippen LogP contribution in [0.4, 0.5) is 11.4 Å². The van der Waals surface area contributed by atoms with Crippen LogP contribution in [0.5, 0.6) is 5.95 Å². The fourth-order valence-corrected chi connectivity index (χ4v) is 2.95. The largest absolute Gasteiger partial charge is 0.479 e. The summed E-state index contributed by atoms with van der Waals surface area (Å²) >= 11 is 2.23. The molecule has 136 valence electrons. The van der Waals surface area contributed by atoms with Gasteiger partial charge in [-0.2, -0.15) is 0 Å². The summed E-state index contributed by atoms with van der Waals surface area (Å²) in [5.41, 5.74) is 2.59. The quantitative estimate of drug-likeness (QED) is 0.239. The van der Waals surface area contributed by atoms with Crippen molar-refractivity contribution in [2.45, 2.75) is 6.92 Å². The lowest BCUT2D eigenvalue weighted by Gasteiger charge is -1.99. The first-order valence-electron chi connectivity index (χ1n) is 7.85. The van der Waals surface area contributed by atoms with Gasteiger partial charge in [-0.1, -0.05) is 12.1 Å². The fraction of sp³-hybridized carbons (Fsp3) is 0.0526. The number of halogens is 1. The number of non-ortho nitro benzene ring substituents is 1. The van der Waals surface area contributed by atoms with Crippen molar-refractivity contribution >= 4 is 52.3 Å². The van der Waals surface area contributed by atoms with Crippen LogP contribution < -0.4 is 0 Å². The smallest absolute Gasteiger partial charge is 0.312 e. The van der Waals surface area contributed by atoms with Crippen LogP contribution in [0.1, 0.15) is 22.7 Å². The monoisotopic (exact) mass is 475 g/mol. The van der Waals surface area contributed by atoms with Gasteiger partial charge in [-0.25, -0.2) is 4.98 Å². The van der Waals surface area contributed by atoms with Crippen LogP contribution in [0.3, 0.4) is 0 Å². The van der Waals surface area contributed by atoms with Crippen LogP contribution in [0, 0.1) is 20.6 Å². The van der Waals surface area contributed by atoms with Gasteiger partial charge in [0.05, 0.1) is 16.8 Å². The van der Waals surface area contributed by atoms with E-state index in [1.807, 2.05) is 25.1 Å². The normalized spacial score (nSPS) is 11.5. The Morgan fingerprint density at radius 1 is 1.26 bits per heavy atom. The van der Waals surface area contributed by atoms with Crippen molar-refractivity contribution in [1.82, 2.24) is 4.98 Å². The molecular weight excluding hydrogens is 461 g/mol. The minimum absolute atomic E-state index is 0.00637. The zero-order chi connectivity index (χ0) is 19.4. The summed E-state index contributed by atoms with van der Waals surface area (Å²) in [4.78, 5) is 18.8. The number of rotatable bonds is 5. The molecule has 2 aromatic carbocycles. The average Bonchev–Trinajstić information content (AvgIpc) is 2.99. The Morgan fingerprint density at radius 2 is 2.07 bits per heavy atom. The third-order valence-electron chi connectivity index (χ3n) is 3.64. The van der Waals surface area contributed by atoms with Gasteiger partial charge in [0.25, 0.3) is 5.69 Å². The van der Waals surface area contributed by atoms with E-state index in [1.54, 1.807) is 18.2 Å². The van der Waals surface area contributed by atoms with Crippen LogP contribution in [0.2, 0.25) is 0 Å². The molecule has 3 rings (SSSR count). The summed E-state index contributed by atoms with van der Waals surface area (Å²) < 4.78 is 6.30. The molecule has 1 aromatic heterocycles. The highest BCUT2D eigenvalue weighted by Gasteiger charge is 2.09. The summed E-state index contributed by atoms with van der Waals surface area (Å²) in [6, 6.07) is 12.0. The van der Waals surface area contributed by atoms with Crippen LogP contribution in [-0.2, 0) is 0 Å². The van der Waals surface area contributed by atoms with Gasteiger partial charge in [-0.05, 0) is 64.9 Å². The molecule has 0 fully saturated rings. The first-order chi connectivity index (χ1) is 12.9. The van der Waals surface area contributed by atoms with Crippen molar-refractivity contribution in [3.05, 3.63) is 78.9 Å². The second-order valence-corrected chi connectivity index (χ2v) is 6.86. The van der Waals surface area contributed by atoms with Crippen molar-refractivity contribution < 1.29 is 14.4 Å². The summed E-state index contributed by atoms with van der Waals surface area (Å²) in [7, 11) is 0. The third kappa shape index (κ3) is 4.79. The number of aliphatic imine (C=N–C) groups is 1. The van der Waals surface area contributed by atoms with Gasteiger partial charge in [-0.3, -0.25) is 15.1 Å². The summed E-state index contributed by atoms with van der Waals surface area (Å²) in [6.07, 6.45) is 4.56. The molecule has 0 aliphatic rings. The van der Waals surface area contributed by atoms with E-state index in [-0.39, 0.29) is 23.2 Å². The Morgan fingerprint density at radius 3 is 2.81 bits per heavy atom. The highest BCUT2D eigenvalue weighted by Crippen LogP contribution is 2.23. The Hall–Kier alpha value is -3.01. The standard InChI is InChI=1S/C19H14IN3O4/c1-12-9-14(20)6-7-16(12)21-11-17-19(24)27-18(22-17)8-5-13-3-2-4-15(10-13)23(25)26/h2-11,24H,1H3. The van der Waals surface area contributed by atoms with Crippen molar-refractivity contribution in [2.24, 2.45) is 4.99 Å². The molecular formula is C19H14IN3O4. The van der Waals surface area contributed by atoms with Crippen LogP contribution >= 0.6 is 22.6 Å². The second kappa shape index (κ2) is 8.12. The van der Waals surface area contributed by atoms with E-state index in [2.05, 4.69) is 32.6 Å². The molecule has 0 saturated heterocycles. The highest BCUT2D eigenvalue weighted by atomic mass is 127. The van der Waals surface area contributed by atoms with Gasteiger partial charge in [0.15, 0.2) is 5.69 Å². The summed E-state index contributed by atoms with van der Waals surface area (Å²) in [5, 5.41) is 20.7. The molecule has 0 unspecified atom stereocenters. The second-order valence-electron chi connectivity index (χ2n) is 5.62. The number of aryl methyl sites for hydroxylation is 1. The number of oxazole rings is 1. The molecule has 0 atom stereocenters. The fourth-order valence-electron chi connectivity index (χ4n) is 2.30. The van der Waals surface area contributed by atoms with Gasteiger partial charge in [0, 0.05) is 21.8 Å². The number of hydrogen-bond acceptors (Lipinski definition) is 6. The first kappa shape index (κ1) is 18.8. The molecule has 8 heteroatoms. The van der Waals surface area contributed by atoms with Gasteiger partial charge in [0.1, 0.15) is 0 Å².